The Balaban J connectivity index is 1.51. The Morgan fingerprint density at radius 2 is 1.94 bits per heavy atom. The number of nitrogens with one attached hydrogen (secondary N) is 2. The van der Waals surface area contributed by atoms with Gasteiger partial charge in [0.2, 0.25) is 5.91 Å². The first kappa shape index (κ1) is 25.3. The molecule has 2 amide bonds. The topological polar surface area (TPSA) is 143 Å². The first-order valence-electron chi connectivity index (χ1n) is 10.5. The van der Waals surface area contributed by atoms with Crippen LogP contribution in [0.15, 0.2) is 36.8 Å². The normalized spacial score (nSPS) is 11.3. The highest BCUT2D eigenvalue weighted by Gasteiger charge is 2.27. The van der Waals surface area contributed by atoms with Crippen molar-refractivity contribution in [2.45, 2.75) is 51.5 Å². The van der Waals surface area contributed by atoms with Gasteiger partial charge in [0, 0.05) is 19.4 Å². The number of carbonyl (C=O) groups is 2. The van der Waals surface area contributed by atoms with Crippen LogP contribution in [0.2, 0.25) is 0 Å². The molecule has 3 rings (SSSR count). The van der Waals surface area contributed by atoms with Crippen LogP contribution in [0, 0.1) is 11.3 Å². The van der Waals surface area contributed by atoms with E-state index in [4.69, 9.17) is 5.26 Å². The summed E-state index contributed by atoms with van der Waals surface area (Å²) in [7, 11) is 0. The fourth-order valence-corrected chi connectivity index (χ4v) is 2.94. The van der Waals surface area contributed by atoms with E-state index in [1.807, 2.05) is 6.07 Å². The Bertz CT molecular complexity index is 1260. The molecular formula is C21H22F3N9O2. The lowest BCUT2D eigenvalue weighted by Gasteiger charge is -2.07. The highest BCUT2D eigenvalue weighted by molar-refractivity contribution is 5.91. The number of alkyl halides is 3. The van der Waals surface area contributed by atoms with Gasteiger partial charge in [-0.05, 0) is 18.1 Å². The minimum atomic E-state index is -4.39. The lowest BCUT2D eigenvalue weighted by atomic mass is 10.2. The lowest BCUT2D eigenvalue weighted by molar-refractivity contribution is -0.144. The van der Waals surface area contributed by atoms with E-state index >= 15 is 0 Å². The summed E-state index contributed by atoms with van der Waals surface area (Å²) in [5, 5.41) is 26.0. The number of hydrogen-bond acceptors (Lipinski definition) is 7. The van der Waals surface area contributed by atoms with Crippen LogP contribution in [0.3, 0.4) is 0 Å². The second-order valence-electron chi connectivity index (χ2n) is 7.64. The third-order valence-corrected chi connectivity index (χ3v) is 4.71. The van der Waals surface area contributed by atoms with Gasteiger partial charge < -0.3 is 10.6 Å². The van der Waals surface area contributed by atoms with E-state index in [2.05, 4.69) is 37.5 Å². The van der Waals surface area contributed by atoms with Crippen molar-refractivity contribution in [2.75, 3.05) is 0 Å². The molecule has 0 bridgehead atoms. The molecule has 3 aromatic rings. The van der Waals surface area contributed by atoms with Crippen LogP contribution in [0.1, 0.15) is 47.4 Å². The largest absolute Gasteiger partial charge is 0.389 e. The molecule has 0 aliphatic heterocycles. The van der Waals surface area contributed by atoms with E-state index in [0.29, 0.717) is 36.3 Å². The maximum Gasteiger partial charge on any atom is 0.389 e. The summed E-state index contributed by atoms with van der Waals surface area (Å²) < 4.78 is 38.1. The van der Waals surface area contributed by atoms with Crippen LogP contribution >= 0.6 is 0 Å². The van der Waals surface area contributed by atoms with E-state index < -0.39 is 30.8 Å². The van der Waals surface area contributed by atoms with Gasteiger partial charge in [0.1, 0.15) is 0 Å². The molecule has 0 radical (unpaired) electrons. The standard InChI is InChI=1S/C21H22F3N9O2/c1-14(3-2-6-25)12-33-29-11-17(31-33)20(35)27-10-16-13-32-18(30-16)7-15(9-28-32)8-26-19(34)4-5-21(22,23)24/h7,9,11,13H,1-5,8,10,12H2,(H,26,34)(H,27,35). The Morgan fingerprint density at radius 3 is 2.69 bits per heavy atom. The van der Waals surface area contributed by atoms with Gasteiger partial charge in [0.25, 0.3) is 5.91 Å². The number of hydrogen-bond donors (Lipinski definition) is 2. The number of halogens is 3. The Labute approximate surface area is 197 Å². The van der Waals surface area contributed by atoms with Gasteiger partial charge in [0.05, 0.1) is 49.9 Å². The maximum absolute atomic E-state index is 12.4. The monoisotopic (exact) mass is 489 g/mol. The summed E-state index contributed by atoms with van der Waals surface area (Å²) in [6.07, 6.45) is -0.944. The molecule has 0 saturated carbocycles. The summed E-state index contributed by atoms with van der Waals surface area (Å²) in [4.78, 5) is 29.6. The summed E-state index contributed by atoms with van der Waals surface area (Å²) in [6, 6.07) is 3.67. The van der Waals surface area contributed by atoms with Crippen molar-refractivity contribution in [3.63, 3.8) is 0 Å². The fourth-order valence-electron chi connectivity index (χ4n) is 2.94. The molecule has 0 aliphatic rings. The predicted octanol–water partition coefficient (Wildman–Crippen LogP) is 2.07. The summed E-state index contributed by atoms with van der Waals surface area (Å²) in [5.74, 6) is -1.16. The first-order valence-corrected chi connectivity index (χ1v) is 10.5. The zero-order valence-electron chi connectivity index (χ0n) is 18.5. The quantitative estimate of drug-likeness (QED) is 0.393. The minimum absolute atomic E-state index is 0.0116. The SMILES string of the molecule is C=C(CCC#N)Cn1ncc(C(=O)NCc2cn3ncc(CNC(=O)CCC(F)(F)F)cc3n2)n1. The number of nitrogens with zero attached hydrogens (tertiary/aromatic N) is 7. The maximum atomic E-state index is 12.4. The van der Waals surface area contributed by atoms with Crippen molar-refractivity contribution in [1.29, 1.82) is 5.26 Å². The number of allylic oxidation sites excluding steroid dienone is 1. The predicted molar refractivity (Wildman–Crippen MR) is 115 cm³/mol. The molecule has 0 spiro atoms. The molecule has 0 unspecified atom stereocenters. The molecule has 0 aromatic carbocycles. The van der Waals surface area contributed by atoms with Crippen molar-refractivity contribution < 1.29 is 22.8 Å². The van der Waals surface area contributed by atoms with Gasteiger partial charge in [-0.1, -0.05) is 12.2 Å². The molecule has 35 heavy (non-hydrogen) atoms. The van der Waals surface area contributed by atoms with E-state index in [0.717, 1.165) is 5.57 Å². The van der Waals surface area contributed by atoms with Crippen LogP contribution in [-0.4, -0.2) is 47.6 Å². The number of nitriles is 1. The fraction of sp³-hybridized carbons (Fsp3) is 0.381. The molecule has 0 atom stereocenters. The number of carbonyl (C=O) groups excluding carboxylic acids is 2. The first-order chi connectivity index (χ1) is 16.6. The van der Waals surface area contributed by atoms with E-state index in [-0.39, 0.29) is 18.8 Å². The third kappa shape index (κ3) is 7.91. The van der Waals surface area contributed by atoms with Crippen LogP contribution in [0.4, 0.5) is 13.2 Å². The van der Waals surface area contributed by atoms with Crippen molar-refractivity contribution in [3.05, 3.63) is 53.8 Å². The molecule has 14 heteroatoms. The number of rotatable bonds is 11. The van der Waals surface area contributed by atoms with Crippen LogP contribution in [-0.2, 0) is 24.4 Å². The molecule has 0 saturated heterocycles. The van der Waals surface area contributed by atoms with E-state index in [9.17, 15) is 22.8 Å². The van der Waals surface area contributed by atoms with Gasteiger partial charge in [-0.15, -0.1) is 5.10 Å². The number of imidazole rings is 1. The average molecular weight is 489 g/mol. The summed E-state index contributed by atoms with van der Waals surface area (Å²) in [6.45, 7) is 4.26. The highest BCUT2D eigenvalue weighted by Crippen LogP contribution is 2.21. The van der Waals surface area contributed by atoms with Gasteiger partial charge in [-0.3, -0.25) is 9.59 Å². The number of fused-ring (bicyclic) bond motifs is 1. The molecule has 0 aliphatic carbocycles. The number of aromatic nitrogens is 6. The smallest absolute Gasteiger partial charge is 0.352 e. The highest BCUT2D eigenvalue weighted by atomic mass is 19.4. The molecule has 11 nitrogen and oxygen atoms in total. The van der Waals surface area contributed by atoms with Crippen LogP contribution in [0.5, 0.6) is 0 Å². The van der Waals surface area contributed by atoms with Gasteiger partial charge in [-0.25, -0.2) is 9.50 Å². The van der Waals surface area contributed by atoms with Crippen molar-refractivity contribution in [1.82, 2.24) is 40.2 Å². The van der Waals surface area contributed by atoms with Gasteiger partial charge >= 0.3 is 6.18 Å². The van der Waals surface area contributed by atoms with Crippen molar-refractivity contribution in [3.8, 4) is 6.07 Å². The zero-order valence-corrected chi connectivity index (χ0v) is 18.5. The summed E-state index contributed by atoms with van der Waals surface area (Å²) in [5.41, 5.74) is 2.40. The number of amides is 2. The average Bonchev–Trinajstić information content (AvgIpc) is 3.44. The molecule has 184 valence electrons. The zero-order chi connectivity index (χ0) is 25.4. The van der Waals surface area contributed by atoms with Gasteiger partial charge in [-0.2, -0.15) is 33.4 Å². The third-order valence-electron chi connectivity index (χ3n) is 4.71. The van der Waals surface area contributed by atoms with Crippen LogP contribution in [0.25, 0.3) is 5.65 Å². The van der Waals surface area contributed by atoms with Crippen molar-refractivity contribution >= 4 is 17.5 Å². The second-order valence-corrected chi connectivity index (χ2v) is 7.64. The Hall–Kier alpha value is -4.28. The molecule has 3 aromatic heterocycles. The summed E-state index contributed by atoms with van der Waals surface area (Å²) >= 11 is 0. The Morgan fingerprint density at radius 1 is 1.14 bits per heavy atom. The van der Waals surface area contributed by atoms with Gasteiger partial charge in [0.15, 0.2) is 11.3 Å². The van der Waals surface area contributed by atoms with Crippen molar-refractivity contribution in [2.24, 2.45) is 0 Å². The molecule has 2 N–H and O–H groups in total. The molecule has 0 fully saturated rings. The lowest BCUT2D eigenvalue weighted by Crippen LogP contribution is -2.24. The minimum Gasteiger partial charge on any atom is -0.352 e. The molecular weight excluding hydrogens is 467 g/mol. The Kier molecular flexibility index (Phi) is 8.13. The van der Waals surface area contributed by atoms with E-state index in [1.165, 1.54) is 21.7 Å². The molecule has 3 heterocycles. The van der Waals surface area contributed by atoms with Crippen LogP contribution < -0.4 is 10.6 Å². The second kappa shape index (κ2) is 11.2. The van der Waals surface area contributed by atoms with E-state index in [1.54, 1.807) is 12.3 Å².